The van der Waals surface area contributed by atoms with Crippen LogP contribution in [0.3, 0.4) is 0 Å². The molecular formula is C24H25N2+. The van der Waals surface area contributed by atoms with Gasteiger partial charge in [0.05, 0.1) is 6.54 Å². The number of pyridine rings is 1. The van der Waals surface area contributed by atoms with Crippen molar-refractivity contribution in [1.82, 2.24) is 0 Å². The summed E-state index contributed by atoms with van der Waals surface area (Å²) in [4.78, 5) is 4.62. The van der Waals surface area contributed by atoms with Gasteiger partial charge in [-0.3, -0.25) is 4.99 Å². The maximum atomic E-state index is 4.62. The molecule has 0 radical (unpaired) electrons. The van der Waals surface area contributed by atoms with Gasteiger partial charge in [-0.05, 0) is 47.7 Å². The van der Waals surface area contributed by atoms with Crippen molar-refractivity contribution in [3.05, 3.63) is 95.8 Å². The minimum atomic E-state index is 0.702. The Morgan fingerprint density at radius 1 is 0.885 bits per heavy atom. The molecule has 0 saturated carbocycles. The average Bonchev–Trinajstić information content (AvgIpc) is 2.70. The van der Waals surface area contributed by atoms with E-state index < -0.39 is 0 Å². The Kier molecular flexibility index (Phi) is 6.10. The van der Waals surface area contributed by atoms with Gasteiger partial charge in [0, 0.05) is 18.3 Å². The number of hydrogen-bond acceptors (Lipinski definition) is 1. The van der Waals surface area contributed by atoms with Crippen LogP contribution in [0.1, 0.15) is 30.5 Å². The molecule has 0 aliphatic heterocycles. The van der Waals surface area contributed by atoms with Gasteiger partial charge in [-0.25, -0.2) is 4.57 Å². The van der Waals surface area contributed by atoms with Gasteiger partial charge in [0.2, 0.25) is 0 Å². The van der Waals surface area contributed by atoms with Crippen LogP contribution in [0.2, 0.25) is 0 Å². The van der Waals surface area contributed by atoms with Crippen LogP contribution in [0.4, 0.5) is 0 Å². The second-order valence-electron chi connectivity index (χ2n) is 6.22. The summed E-state index contributed by atoms with van der Waals surface area (Å²) in [5, 5.41) is 0. The molecular weight excluding hydrogens is 316 g/mol. The maximum absolute atomic E-state index is 4.62. The minimum absolute atomic E-state index is 0.702. The SMILES string of the molecule is C/C=C\c1cc(-c2cc[n+](CC)cc2)ccc1/C=N/Cc1ccccc1. The third-order valence-corrected chi connectivity index (χ3v) is 4.37. The summed E-state index contributed by atoms with van der Waals surface area (Å²) >= 11 is 0. The van der Waals surface area contributed by atoms with E-state index in [9.17, 15) is 0 Å². The molecule has 0 bridgehead atoms. The molecule has 1 aromatic heterocycles. The molecule has 0 aliphatic rings. The van der Waals surface area contributed by atoms with Gasteiger partial charge < -0.3 is 0 Å². The van der Waals surface area contributed by atoms with E-state index in [1.807, 2.05) is 31.3 Å². The lowest BCUT2D eigenvalue weighted by molar-refractivity contribution is -0.693. The molecule has 0 N–H and O–H groups in total. The van der Waals surface area contributed by atoms with Crippen LogP contribution in [0.25, 0.3) is 17.2 Å². The zero-order chi connectivity index (χ0) is 18.2. The van der Waals surface area contributed by atoms with Crippen LogP contribution in [-0.4, -0.2) is 6.21 Å². The fraction of sp³-hybridized carbons (Fsp3) is 0.167. The van der Waals surface area contributed by atoms with Crippen LogP contribution < -0.4 is 4.57 Å². The lowest BCUT2D eigenvalue weighted by atomic mass is 10.00. The highest BCUT2D eigenvalue weighted by atomic mass is 14.9. The van der Waals surface area contributed by atoms with Crippen molar-refractivity contribution in [2.45, 2.75) is 26.9 Å². The van der Waals surface area contributed by atoms with Gasteiger partial charge in [0.25, 0.3) is 0 Å². The van der Waals surface area contributed by atoms with Crippen molar-refractivity contribution < 1.29 is 4.57 Å². The predicted molar refractivity (Wildman–Crippen MR) is 110 cm³/mol. The summed E-state index contributed by atoms with van der Waals surface area (Å²) in [6.07, 6.45) is 10.4. The van der Waals surface area contributed by atoms with E-state index in [4.69, 9.17) is 0 Å². The lowest BCUT2D eigenvalue weighted by Crippen LogP contribution is -2.30. The van der Waals surface area contributed by atoms with Gasteiger partial charge in [-0.2, -0.15) is 0 Å². The predicted octanol–water partition coefficient (Wildman–Crippen LogP) is 5.31. The monoisotopic (exact) mass is 341 g/mol. The normalized spacial score (nSPS) is 11.5. The number of aliphatic imine (C=N–C) groups is 1. The number of allylic oxidation sites excluding steroid dienone is 1. The highest BCUT2D eigenvalue weighted by Crippen LogP contribution is 2.22. The third-order valence-electron chi connectivity index (χ3n) is 4.37. The first-order valence-electron chi connectivity index (χ1n) is 9.10. The highest BCUT2D eigenvalue weighted by molar-refractivity contribution is 5.87. The molecule has 0 fully saturated rings. The number of nitrogens with zero attached hydrogens (tertiary/aromatic N) is 2. The topological polar surface area (TPSA) is 16.2 Å². The zero-order valence-electron chi connectivity index (χ0n) is 15.5. The maximum Gasteiger partial charge on any atom is 0.169 e. The van der Waals surface area contributed by atoms with Crippen LogP contribution in [-0.2, 0) is 13.1 Å². The molecule has 130 valence electrons. The van der Waals surface area contributed by atoms with Crippen LogP contribution in [0.15, 0.2) is 84.1 Å². The molecule has 2 nitrogen and oxygen atoms in total. The summed E-state index contributed by atoms with van der Waals surface area (Å²) in [5.41, 5.74) is 6.01. The molecule has 0 aliphatic carbocycles. The second kappa shape index (κ2) is 8.91. The van der Waals surface area contributed by atoms with Gasteiger partial charge in [0.1, 0.15) is 6.54 Å². The zero-order valence-corrected chi connectivity index (χ0v) is 15.5. The first kappa shape index (κ1) is 17.8. The lowest BCUT2D eigenvalue weighted by Gasteiger charge is -2.06. The second-order valence-corrected chi connectivity index (χ2v) is 6.22. The molecule has 3 aromatic rings. The Bertz CT molecular complexity index is 891. The molecule has 1 heterocycles. The van der Waals surface area contributed by atoms with Gasteiger partial charge in [-0.1, -0.05) is 54.6 Å². The third kappa shape index (κ3) is 4.54. The quantitative estimate of drug-likeness (QED) is 0.426. The van der Waals surface area contributed by atoms with Crippen LogP contribution in [0, 0.1) is 0 Å². The molecule has 3 rings (SSSR count). The number of aromatic nitrogens is 1. The first-order valence-corrected chi connectivity index (χ1v) is 9.10. The van der Waals surface area contributed by atoms with Gasteiger partial charge >= 0.3 is 0 Å². The molecule has 2 heteroatoms. The van der Waals surface area contributed by atoms with Crippen molar-refractivity contribution in [2.75, 3.05) is 0 Å². The van der Waals surface area contributed by atoms with Crippen molar-refractivity contribution in [2.24, 2.45) is 4.99 Å². The average molecular weight is 341 g/mol. The van der Waals surface area contributed by atoms with E-state index >= 15 is 0 Å². The highest BCUT2D eigenvalue weighted by Gasteiger charge is 2.04. The number of aryl methyl sites for hydroxylation is 1. The molecule has 0 saturated heterocycles. The Morgan fingerprint density at radius 2 is 1.65 bits per heavy atom. The van der Waals surface area contributed by atoms with E-state index in [1.54, 1.807) is 0 Å². The number of benzene rings is 2. The largest absolute Gasteiger partial charge is 0.288 e. The van der Waals surface area contributed by atoms with Crippen LogP contribution in [0.5, 0.6) is 0 Å². The molecule has 0 atom stereocenters. The molecule has 0 spiro atoms. The van der Waals surface area contributed by atoms with Crippen molar-refractivity contribution in [1.29, 1.82) is 0 Å². The number of rotatable bonds is 6. The molecule has 0 amide bonds. The fourth-order valence-corrected chi connectivity index (χ4v) is 2.89. The Labute approximate surface area is 156 Å². The van der Waals surface area contributed by atoms with Gasteiger partial charge in [-0.15, -0.1) is 0 Å². The van der Waals surface area contributed by atoms with Crippen molar-refractivity contribution in [3.8, 4) is 11.1 Å². The summed E-state index contributed by atoms with van der Waals surface area (Å²) in [6.45, 7) is 5.88. The minimum Gasteiger partial charge on any atom is -0.288 e. The van der Waals surface area contributed by atoms with Gasteiger partial charge in [0.15, 0.2) is 12.4 Å². The van der Waals surface area contributed by atoms with Crippen LogP contribution >= 0.6 is 0 Å². The Morgan fingerprint density at radius 3 is 2.35 bits per heavy atom. The Hall–Kier alpha value is -3.00. The Balaban J connectivity index is 1.84. The summed E-state index contributed by atoms with van der Waals surface area (Å²) in [6, 6.07) is 21.2. The standard InChI is InChI=1S/C24H25N2/c1-3-8-22-17-23(21-13-15-26(4-2)16-14-21)11-12-24(22)19-25-18-20-9-6-5-7-10-20/h3,5-17,19H,4,18H2,1-2H3/q+1/b8-3-,25-19+. The van der Waals surface area contributed by atoms with E-state index in [0.29, 0.717) is 6.54 Å². The summed E-state index contributed by atoms with van der Waals surface area (Å²) < 4.78 is 2.17. The van der Waals surface area contributed by atoms with E-state index in [-0.39, 0.29) is 0 Å². The summed E-state index contributed by atoms with van der Waals surface area (Å²) in [7, 11) is 0. The van der Waals surface area contributed by atoms with Crippen molar-refractivity contribution in [3.63, 3.8) is 0 Å². The summed E-state index contributed by atoms with van der Waals surface area (Å²) in [5.74, 6) is 0. The smallest absolute Gasteiger partial charge is 0.169 e. The van der Waals surface area contributed by atoms with E-state index in [1.165, 1.54) is 22.3 Å². The van der Waals surface area contributed by atoms with Crippen molar-refractivity contribution >= 4 is 12.3 Å². The first-order chi connectivity index (χ1) is 12.8. The molecule has 0 unspecified atom stereocenters. The molecule has 26 heavy (non-hydrogen) atoms. The van der Waals surface area contributed by atoms with E-state index in [0.717, 1.165) is 12.1 Å². The van der Waals surface area contributed by atoms with E-state index in [2.05, 4.69) is 83.5 Å². The fourth-order valence-electron chi connectivity index (χ4n) is 2.89. The number of hydrogen-bond donors (Lipinski definition) is 0. The molecule has 2 aromatic carbocycles.